The van der Waals surface area contributed by atoms with Crippen LogP contribution in [0.4, 0.5) is 4.39 Å². The number of nitrogens with two attached hydrogens (primary N) is 1. The second-order valence-electron chi connectivity index (χ2n) is 9.12. The molecule has 172 valence electrons. The Morgan fingerprint density at radius 3 is 2.45 bits per heavy atom. The second kappa shape index (κ2) is 11.4. The molecular formula is C24H34ClFN2O3. The minimum atomic E-state index is -0.420. The summed E-state index contributed by atoms with van der Waals surface area (Å²) in [6.07, 6.45) is 7.58. The number of Topliss-reactive ketones (excluding diaryl/α,β-unsaturated/α-hetero) is 1. The molecule has 0 radical (unpaired) electrons. The van der Waals surface area contributed by atoms with E-state index in [9.17, 15) is 14.0 Å². The normalized spacial score (nSPS) is 24.1. The van der Waals surface area contributed by atoms with E-state index in [1.807, 2.05) is 0 Å². The highest BCUT2D eigenvalue weighted by molar-refractivity contribution is 6.34. The van der Waals surface area contributed by atoms with Gasteiger partial charge in [-0.1, -0.05) is 24.4 Å². The summed E-state index contributed by atoms with van der Waals surface area (Å²) < 4.78 is 18.7. The topological polar surface area (TPSA) is 72.6 Å². The first-order chi connectivity index (χ1) is 14.9. The maximum absolute atomic E-state index is 13.2. The first-order valence-corrected chi connectivity index (χ1v) is 11.8. The average molecular weight is 453 g/mol. The van der Waals surface area contributed by atoms with Crippen LogP contribution in [0.5, 0.6) is 0 Å². The number of hydrogen-bond acceptors (Lipinski definition) is 4. The number of carbonyl (C=O) groups excluding carboxylic acids is 2. The molecule has 1 aromatic rings. The molecule has 1 saturated carbocycles. The van der Waals surface area contributed by atoms with Crippen LogP contribution in [0.15, 0.2) is 18.2 Å². The van der Waals surface area contributed by atoms with Crippen molar-refractivity contribution in [3.63, 3.8) is 0 Å². The van der Waals surface area contributed by atoms with Crippen molar-refractivity contribution in [1.82, 2.24) is 4.90 Å². The summed E-state index contributed by atoms with van der Waals surface area (Å²) in [5.41, 5.74) is 5.78. The van der Waals surface area contributed by atoms with Gasteiger partial charge in [0.25, 0.3) is 0 Å². The van der Waals surface area contributed by atoms with Crippen molar-refractivity contribution in [3.8, 4) is 0 Å². The van der Waals surface area contributed by atoms with Crippen LogP contribution >= 0.6 is 11.6 Å². The van der Waals surface area contributed by atoms with Gasteiger partial charge in [-0.2, -0.15) is 0 Å². The van der Waals surface area contributed by atoms with E-state index in [1.54, 1.807) is 7.11 Å². The molecule has 31 heavy (non-hydrogen) atoms. The molecule has 1 amide bonds. The van der Waals surface area contributed by atoms with E-state index in [4.69, 9.17) is 22.1 Å². The van der Waals surface area contributed by atoms with Crippen LogP contribution in [0.1, 0.15) is 61.7 Å². The van der Waals surface area contributed by atoms with Gasteiger partial charge in [-0.25, -0.2) is 4.39 Å². The first-order valence-electron chi connectivity index (χ1n) is 11.4. The molecule has 5 nitrogen and oxygen atoms in total. The zero-order valence-electron chi connectivity index (χ0n) is 18.3. The third-order valence-electron chi connectivity index (χ3n) is 7.13. The number of carbonyl (C=O) groups is 2. The minimum Gasteiger partial charge on any atom is -0.381 e. The number of rotatable bonds is 9. The number of piperidine rings is 1. The lowest BCUT2D eigenvalue weighted by atomic mass is 9.77. The van der Waals surface area contributed by atoms with Crippen molar-refractivity contribution >= 4 is 23.3 Å². The van der Waals surface area contributed by atoms with Crippen molar-refractivity contribution in [3.05, 3.63) is 34.6 Å². The summed E-state index contributed by atoms with van der Waals surface area (Å²) in [5, 5.41) is 0.203. The standard InChI is InChI=1S/C24H34ClFN2O3/c1-31-22(15-23(27)29)17-4-2-16(3-5-17)8-11-28-12-9-18(10-13-28)24(30)20-7-6-19(26)14-21(20)25/h6-7,14,16-18,22H,2-5,8-13,15H2,1H3,(H2,27,29). The van der Waals surface area contributed by atoms with Gasteiger partial charge in [0, 0.05) is 18.6 Å². The number of primary amides is 1. The summed E-state index contributed by atoms with van der Waals surface area (Å²) >= 11 is 6.07. The second-order valence-corrected chi connectivity index (χ2v) is 9.53. The summed E-state index contributed by atoms with van der Waals surface area (Å²) in [6, 6.07) is 4.01. The van der Waals surface area contributed by atoms with Crippen LogP contribution in [0, 0.1) is 23.6 Å². The molecule has 2 N–H and O–H groups in total. The van der Waals surface area contributed by atoms with Gasteiger partial charge in [0.1, 0.15) is 5.82 Å². The summed E-state index contributed by atoms with van der Waals surface area (Å²) in [4.78, 5) is 26.4. The highest BCUT2D eigenvalue weighted by atomic mass is 35.5. The van der Waals surface area contributed by atoms with Crippen molar-refractivity contribution in [2.45, 2.75) is 57.5 Å². The summed E-state index contributed by atoms with van der Waals surface area (Å²) in [6.45, 7) is 2.88. The number of benzene rings is 1. The van der Waals surface area contributed by atoms with Gasteiger partial charge in [0.2, 0.25) is 5.91 Å². The number of halogens is 2. The molecule has 2 aliphatic rings. The molecule has 1 aromatic carbocycles. The van der Waals surface area contributed by atoms with E-state index in [2.05, 4.69) is 4.90 Å². The molecule has 1 aliphatic heterocycles. The van der Waals surface area contributed by atoms with Crippen LogP contribution in [0.25, 0.3) is 0 Å². The molecule has 0 bridgehead atoms. The third kappa shape index (κ3) is 6.74. The Bertz CT molecular complexity index is 759. The molecule has 1 heterocycles. The van der Waals surface area contributed by atoms with Crippen LogP contribution in [0.2, 0.25) is 5.02 Å². The highest BCUT2D eigenvalue weighted by Gasteiger charge is 2.30. The van der Waals surface area contributed by atoms with Crippen molar-refractivity contribution in [2.75, 3.05) is 26.7 Å². The Hall–Kier alpha value is -1.50. The Morgan fingerprint density at radius 1 is 1.19 bits per heavy atom. The van der Waals surface area contributed by atoms with E-state index >= 15 is 0 Å². The quantitative estimate of drug-likeness (QED) is 0.561. The summed E-state index contributed by atoms with van der Waals surface area (Å²) in [5.74, 6) is 0.416. The van der Waals surface area contributed by atoms with Gasteiger partial charge >= 0.3 is 0 Å². The summed E-state index contributed by atoms with van der Waals surface area (Å²) in [7, 11) is 1.66. The first kappa shape index (κ1) is 24.1. The van der Waals surface area contributed by atoms with Gasteiger partial charge in [0.05, 0.1) is 17.5 Å². The smallest absolute Gasteiger partial charge is 0.220 e. The third-order valence-corrected chi connectivity index (χ3v) is 7.44. The monoisotopic (exact) mass is 452 g/mol. The molecule has 1 unspecified atom stereocenters. The molecular weight excluding hydrogens is 419 g/mol. The van der Waals surface area contributed by atoms with Crippen LogP contribution in [-0.4, -0.2) is 49.4 Å². The zero-order valence-corrected chi connectivity index (χ0v) is 19.1. The molecule has 3 rings (SSSR count). The lowest BCUT2D eigenvalue weighted by Crippen LogP contribution is -2.38. The molecule has 1 saturated heterocycles. The van der Waals surface area contributed by atoms with E-state index in [0.717, 1.165) is 45.3 Å². The fourth-order valence-corrected chi connectivity index (χ4v) is 5.44. The molecule has 1 atom stereocenters. The van der Waals surface area contributed by atoms with E-state index in [-0.39, 0.29) is 28.7 Å². The fourth-order valence-electron chi connectivity index (χ4n) is 5.18. The van der Waals surface area contributed by atoms with Gasteiger partial charge in [-0.3, -0.25) is 9.59 Å². The minimum absolute atomic E-state index is 0.0339. The Balaban J connectivity index is 1.38. The van der Waals surface area contributed by atoms with E-state index < -0.39 is 5.82 Å². The van der Waals surface area contributed by atoms with E-state index in [0.29, 0.717) is 23.8 Å². The largest absolute Gasteiger partial charge is 0.381 e. The Labute approximate surface area is 189 Å². The maximum atomic E-state index is 13.2. The predicted molar refractivity (Wildman–Crippen MR) is 120 cm³/mol. The van der Waals surface area contributed by atoms with Crippen LogP contribution in [-0.2, 0) is 9.53 Å². The van der Waals surface area contributed by atoms with Crippen molar-refractivity contribution in [2.24, 2.45) is 23.5 Å². The predicted octanol–water partition coefficient (Wildman–Crippen LogP) is 4.46. The van der Waals surface area contributed by atoms with Crippen molar-refractivity contribution < 1.29 is 18.7 Å². The number of ether oxygens (including phenoxy) is 1. The Kier molecular flexibility index (Phi) is 8.87. The van der Waals surface area contributed by atoms with E-state index in [1.165, 1.54) is 37.5 Å². The molecule has 0 aromatic heterocycles. The van der Waals surface area contributed by atoms with Gasteiger partial charge < -0.3 is 15.4 Å². The van der Waals surface area contributed by atoms with Crippen molar-refractivity contribution in [1.29, 1.82) is 0 Å². The molecule has 1 aliphatic carbocycles. The molecule has 0 spiro atoms. The molecule has 2 fully saturated rings. The SMILES string of the molecule is COC(CC(N)=O)C1CCC(CCN2CCC(C(=O)c3ccc(F)cc3Cl)CC2)CC1. The Morgan fingerprint density at radius 2 is 1.87 bits per heavy atom. The fraction of sp³-hybridized carbons (Fsp3) is 0.667. The molecule has 7 heteroatoms. The van der Waals surface area contributed by atoms with Gasteiger partial charge in [0.15, 0.2) is 5.78 Å². The number of nitrogens with zero attached hydrogens (tertiary/aromatic N) is 1. The average Bonchev–Trinajstić information content (AvgIpc) is 2.76. The number of hydrogen-bond donors (Lipinski definition) is 1. The number of methoxy groups -OCH3 is 1. The highest BCUT2D eigenvalue weighted by Crippen LogP contribution is 2.35. The lowest BCUT2D eigenvalue weighted by molar-refractivity contribution is -0.121. The number of amides is 1. The van der Waals surface area contributed by atoms with Crippen LogP contribution in [0.3, 0.4) is 0 Å². The van der Waals surface area contributed by atoms with Gasteiger partial charge in [-0.15, -0.1) is 0 Å². The van der Waals surface area contributed by atoms with Crippen LogP contribution < -0.4 is 5.73 Å². The lowest BCUT2D eigenvalue weighted by Gasteiger charge is -2.35. The zero-order chi connectivity index (χ0) is 22.4. The number of likely N-dealkylation sites (tertiary alicyclic amines) is 1. The maximum Gasteiger partial charge on any atom is 0.220 e. The van der Waals surface area contributed by atoms with Gasteiger partial charge in [-0.05, 0) is 81.8 Å². The number of ketones is 1.